The lowest BCUT2D eigenvalue weighted by Crippen LogP contribution is -2.36. The Labute approximate surface area is 164 Å². The van der Waals surface area contributed by atoms with Gasteiger partial charge in [0.15, 0.2) is 0 Å². The van der Waals surface area contributed by atoms with E-state index in [1.54, 1.807) is 4.90 Å². The predicted molar refractivity (Wildman–Crippen MR) is 104 cm³/mol. The van der Waals surface area contributed by atoms with Crippen LogP contribution in [0, 0.1) is 5.92 Å². The number of benzene rings is 2. The van der Waals surface area contributed by atoms with Crippen LogP contribution in [0.15, 0.2) is 54.6 Å². The molecule has 1 aliphatic rings. The fourth-order valence-corrected chi connectivity index (χ4v) is 3.28. The van der Waals surface area contributed by atoms with Gasteiger partial charge in [0.25, 0.3) is 0 Å². The molecule has 0 spiro atoms. The molecule has 1 atom stereocenters. The SMILES string of the molecule is O=C(O)Cc1ccc(C[C@@H]2COCCN(C(=O)OCc3ccccc3)C2)cc1. The molecular formula is C22H25NO5. The second-order valence-corrected chi connectivity index (χ2v) is 7.02. The molecular weight excluding hydrogens is 358 g/mol. The Kier molecular flexibility index (Phi) is 7.03. The highest BCUT2D eigenvalue weighted by atomic mass is 16.6. The van der Waals surface area contributed by atoms with E-state index in [2.05, 4.69) is 0 Å². The lowest BCUT2D eigenvalue weighted by atomic mass is 9.98. The van der Waals surface area contributed by atoms with Crippen molar-refractivity contribution in [1.82, 2.24) is 4.90 Å². The molecule has 0 unspecified atom stereocenters. The molecule has 2 aromatic carbocycles. The molecule has 1 amide bonds. The van der Waals surface area contributed by atoms with Crippen molar-refractivity contribution in [1.29, 1.82) is 0 Å². The first-order valence-corrected chi connectivity index (χ1v) is 9.43. The zero-order valence-corrected chi connectivity index (χ0v) is 15.8. The Bertz CT molecular complexity index is 775. The van der Waals surface area contributed by atoms with Gasteiger partial charge in [-0.1, -0.05) is 54.6 Å². The first-order chi connectivity index (χ1) is 13.6. The summed E-state index contributed by atoms with van der Waals surface area (Å²) in [4.78, 5) is 25.0. The summed E-state index contributed by atoms with van der Waals surface area (Å²) in [5, 5.41) is 8.86. The van der Waals surface area contributed by atoms with E-state index in [9.17, 15) is 9.59 Å². The maximum absolute atomic E-state index is 12.5. The van der Waals surface area contributed by atoms with Crippen LogP contribution in [0.5, 0.6) is 0 Å². The Hall–Kier alpha value is -2.86. The highest BCUT2D eigenvalue weighted by Crippen LogP contribution is 2.16. The lowest BCUT2D eigenvalue weighted by molar-refractivity contribution is -0.136. The number of amides is 1. The number of aliphatic carboxylic acids is 1. The molecule has 28 heavy (non-hydrogen) atoms. The summed E-state index contributed by atoms with van der Waals surface area (Å²) in [7, 11) is 0. The number of carbonyl (C=O) groups excluding carboxylic acids is 1. The van der Waals surface area contributed by atoms with Crippen LogP contribution in [0.2, 0.25) is 0 Å². The van der Waals surface area contributed by atoms with Crippen LogP contribution in [0.3, 0.4) is 0 Å². The molecule has 0 aromatic heterocycles. The summed E-state index contributed by atoms with van der Waals surface area (Å²) < 4.78 is 11.1. The molecule has 6 heteroatoms. The number of carbonyl (C=O) groups is 2. The molecule has 0 saturated carbocycles. The van der Waals surface area contributed by atoms with Gasteiger partial charge in [-0.25, -0.2) is 4.79 Å². The number of rotatable bonds is 6. The number of carboxylic acid groups (broad SMARTS) is 1. The Morgan fingerprint density at radius 3 is 2.46 bits per heavy atom. The fraction of sp³-hybridized carbons (Fsp3) is 0.364. The van der Waals surface area contributed by atoms with E-state index in [1.165, 1.54) is 0 Å². The molecule has 1 heterocycles. The zero-order chi connectivity index (χ0) is 19.8. The molecule has 2 aromatic rings. The number of carboxylic acids is 1. The molecule has 0 aliphatic carbocycles. The van der Waals surface area contributed by atoms with Crippen molar-refractivity contribution < 1.29 is 24.2 Å². The van der Waals surface area contributed by atoms with Gasteiger partial charge in [-0.3, -0.25) is 4.79 Å². The van der Waals surface area contributed by atoms with E-state index >= 15 is 0 Å². The van der Waals surface area contributed by atoms with Crippen molar-refractivity contribution in [3.05, 3.63) is 71.3 Å². The quantitative estimate of drug-likeness (QED) is 0.829. The van der Waals surface area contributed by atoms with Crippen LogP contribution in [0.1, 0.15) is 16.7 Å². The van der Waals surface area contributed by atoms with Crippen LogP contribution < -0.4 is 0 Å². The Balaban J connectivity index is 1.54. The minimum Gasteiger partial charge on any atom is -0.481 e. The highest BCUT2D eigenvalue weighted by Gasteiger charge is 2.23. The molecule has 1 N–H and O–H groups in total. The van der Waals surface area contributed by atoms with E-state index in [0.29, 0.717) is 26.3 Å². The molecule has 0 radical (unpaired) electrons. The van der Waals surface area contributed by atoms with E-state index in [0.717, 1.165) is 23.1 Å². The van der Waals surface area contributed by atoms with Gasteiger partial charge in [0.05, 0.1) is 19.6 Å². The van der Waals surface area contributed by atoms with Gasteiger partial charge in [0, 0.05) is 19.0 Å². The smallest absolute Gasteiger partial charge is 0.410 e. The molecule has 3 rings (SSSR count). The third kappa shape index (κ3) is 6.09. The van der Waals surface area contributed by atoms with Gasteiger partial charge in [-0.15, -0.1) is 0 Å². The largest absolute Gasteiger partial charge is 0.481 e. The summed E-state index contributed by atoms with van der Waals surface area (Å²) in [5.41, 5.74) is 2.83. The van der Waals surface area contributed by atoms with E-state index in [1.807, 2.05) is 54.6 Å². The van der Waals surface area contributed by atoms with Gasteiger partial charge in [0.1, 0.15) is 6.61 Å². The van der Waals surface area contributed by atoms with Crippen LogP contribution in [-0.4, -0.2) is 48.4 Å². The molecule has 0 bridgehead atoms. The van der Waals surface area contributed by atoms with Gasteiger partial charge in [0.2, 0.25) is 0 Å². The molecule has 1 aliphatic heterocycles. The van der Waals surface area contributed by atoms with E-state index in [4.69, 9.17) is 14.6 Å². The normalized spacial score (nSPS) is 17.0. The average Bonchev–Trinajstić information content (AvgIpc) is 2.94. The summed E-state index contributed by atoms with van der Waals surface area (Å²) in [6.45, 7) is 2.42. The number of nitrogens with zero attached hydrogens (tertiary/aromatic N) is 1. The fourth-order valence-electron chi connectivity index (χ4n) is 3.28. The number of ether oxygens (including phenoxy) is 2. The lowest BCUT2D eigenvalue weighted by Gasteiger charge is -2.23. The average molecular weight is 383 g/mol. The van der Waals surface area contributed by atoms with Crippen molar-refractivity contribution in [3.63, 3.8) is 0 Å². The van der Waals surface area contributed by atoms with Gasteiger partial charge in [-0.05, 0) is 23.1 Å². The molecule has 6 nitrogen and oxygen atoms in total. The highest BCUT2D eigenvalue weighted by molar-refractivity contribution is 5.70. The summed E-state index contributed by atoms with van der Waals surface area (Å²) in [6, 6.07) is 17.2. The summed E-state index contributed by atoms with van der Waals surface area (Å²) in [5.74, 6) is -0.674. The van der Waals surface area contributed by atoms with Crippen molar-refractivity contribution in [2.45, 2.75) is 19.4 Å². The standard InChI is InChI=1S/C22H25NO5/c24-21(25)13-18-8-6-17(7-9-18)12-20-14-23(10-11-27-15-20)22(26)28-16-19-4-2-1-3-5-19/h1-9,20H,10-16H2,(H,24,25)/t20-/m0/s1. The van der Waals surface area contributed by atoms with Crippen LogP contribution in [0.4, 0.5) is 4.79 Å². The summed E-state index contributed by atoms with van der Waals surface area (Å²) >= 11 is 0. The van der Waals surface area contributed by atoms with E-state index in [-0.39, 0.29) is 25.0 Å². The van der Waals surface area contributed by atoms with E-state index < -0.39 is 5.97 Å². The third-order valence-electron chi connectivity index (χ3n) is 4.70. The summed E-state index contributed by atoms with van der Waals surface area (Å²) in [6.07, 6.45) is 0.458. The maximum Gasteiger partial charge on any atom is 0.410 e. The van der Waals surface area contributed by atoms with Crippen LogP contribution in [0.25, 0.3) is 0 Å². The van der Waals surface area contributed by atoms with Gasteiger partial charge >= 0.3 is 12.1 Å². The zero-order valence-electron chi connectivity index (χ0n) is 15.8. The van der Waals surface area contributed by atoms with Gasteiger partial charge in [-0.2, -0.15) is 0 Å². The monoisotopic (exact) mass is 383 g/mol. The first-order valence-electron chi connectivity index (χ1n) is 9.43. The van der Waals surface area contributed by atoms with Crippen molar-refractivity contribution >= 4 is 12.1 Å². The molecule has 1 saturated heterocycles. The minimum atomic E-state index is -0.838. The first kappa shape index (κ1) is 19.9. The Morgan fingerprint density at radius 1 is 1.04 bits per heavy atom. The molecule has 1 fully saturated rings. The minimum absolute atomic E-state index is 0.0217. The van der Waals surface area contributed by atoms with Crippen LogP contribution in [-0.2, 0) is 33.7 Å². The Morgan fingerprint density at radius 2 is 1.75 bits per heavy atom. The topological polar surface area (TPSA) is 76.1 Å². The second kappa shape index (κ2) is 9.90. The van der Waals surface area contributed by atoms with Crippen LogP contribution >= 0.6 is 0 Å². The second-order valence-electron chi connectivity index (χ2n) is 7.02. The van der Waals surface area contributed by atoms with Gasteiger partial charge < -0.3 is 19.5 Å². The number of hydrogen-bond donors (Lipinski definition) is 1. The van der Waals surface area contributed by atoms with Crippen molar-refractivity contribution in [2.24, 2.45) is 5.92 Å². The van der Waals surface area contributed by atoms with Crippen molar-refractivity contribution in [2.75, 3.05) is 26.3 Å². The number of hydrogen-bond acceptors (Lipinski definition) is 4. The third-order valence-corrected chi connectivity index (χ3v) is 4.70. The molecule has 148 valence electrons. The predicted octanol–water partition coefficient (Wildman–Crippen LogP) is 3.14. The maximum atomic E-state index is 12.5. The van der Waals surface area contributed by atoms with Crippen molar-refractivity contribution in [3.8, 4) is 0 Å².